The highest BCUT2D eigenvalue weighted by Gasteiger charge is 2.09. The quantitative estimate of drug-likeness (QED) is 0.437. The van der Waals surface area contributed by atoms with E-state index < -0.39 is 6.09 Å². The molecule has 31 heavy (non-hydrogen) atoms. The van der Waals surface area contributed by atoms with Crippen LogP contribution in [0, 0.1) is 6.92 Å². The average Bonchev–Trinajstić information content (AvgIpc) is 2.77. The van der Waals surface area contributed by atoms with E-state index in [4.69, 9.17) is 9.47 Å². The van der Waals surface area contributed by atoms with E-state index in [9.17, 15) is 9.90 Å². The van der Waals surface area contributed by atoms with Crippen LogP contribution in [0.5, 0.6) is 17.2 Å². The van der Waals surface area contributed by atoms with E-state index in [1.165, 1.54) is 0 Å². The second kappa shape index (κ2) is 9.28. The van der Waals surface area contributed by atoms with Crippen molar-refractivity contribution in [3.63, 3.8) is 0 Å². The number of aromatic nitrogens is 1. The smallest absolute Gasteiger partial charge is 0.417 e. The Morgan fingerprint density at radius 1 is 1.00 bits per heavy atom. The van der Waals surface area contributed by atoms with Gasteiger partial charge in [-0.15, -0.1) is 0 Å². The third kappa shape index (κ3) is 4.99. The second-order valence-corrected chi connectivity index (χ2v) is 7.03. The molecular weight excluding hydrogens is 392 g/mol. The lowest BCUT2D eigenvalue weighted by Crippen LogP contribution is -2.16. The van der Waals surface area contributed by atoms with Crippen LogP contribution in [0.4, 0.5) is 10.5 Å². The molecule has 0 unspecified atom stereocenters. The van der Waals surface area contributed by atoms with Crippen LogP contribution in [0.2, 0.25) is 0 Å². The van der Waals surface area contributed by atoms with Gasteiger partial charge in [0.25, 0.3) is 0 Å². The Morgan fingerprint density at radius 3 is 2.52 bits per heavy atom. The van der Waals surface area contributed by atoms with Crippen molar-refractivity contribution < 1.29 is 19.4 Å². The van der Waals surface area contributed by atoms with E-state index in [1.54, 1.807) is 54.7 Å². The molecule has 0 aliphatic rings. The molecule has 0 fully saturated rings. The van der Waals surface area contributed by atoms with Gasteiger partial charge in [0, 0.05) is 23.9 Å². The maximum atomic E-state index is 12.0. The van der Waals surface area contributed by atoms with Crippen molar-refractivity contribution in [2.75, 3.05) is 11.9 Å². The zero-order chi connectivity index (χ0) is 21.6. The maximum Gasteiger partial charge on any atom is 0.417 e. The van der Waals surface area contributed by atoms with Gasteiger partial charge >= 0.3 is 6.09 Å². The lowest BCUT2D eigenvalue weighted by Gasteiger charge is -2.12. The van der Waals surface area contributed by atoms with Gasteiger partial charge in [-0.1, -0.05) is 18.2 Å². The molecule has 4 rings (SSSR count). The van der Waals surface area contributed by atoms with Crippen LogP contribution in [0.15, 0.2) is 79.0 Å². The largest absolute Gasteiger partial charge is 0.457 e. The minimum absolute atomic E-state index is 0.0990. The van der Waals surface area contributed by atoms with Crippen LogP contribution < -0.4 is 14.8 Å². The number of nitrogens with zero attached hydrogens (tertiary/aromatic N) is 1. The van der Waals surface area contributed by atoms with Crippen LogP contribution in [0.3, 0.4) is 0 Å². The fourth-order valence-corrected chi connectivity index (χ4v) is 3.27. The maximum absolute atomic E-state index is 12.0. The van der Waals surface area contributed by atoms with Crippen LogP contribution in [-0.4, -0.2) is 22.8 Å². The third-order valence-corrected chi connectivity index (χ3v) is 4.82. The van der Waals surface area contributed by atoms with Crippen molar-refractivity contribution in [1.29, 1.82) is 0 Å². The Hall–Kier alpha value is -3.90. The Labute approximate surface area is 180 Å². The van der Waals surface area contributed by atoms with Crippen molar-refractivity contribution in [3.05, 3.63) is 90.1 Å². The number of amides is 1. The van der Waals surface area contributed by atoms with Gasteiger partial charge in [-0.25, -0.2) is 4.79 Å². The fraction of sp³-hybridized carbons (Fsp3) is 0.120. The van der Waals surface area contributed by atoms with Crippen LogP contribution in [-0.2, 0) is 6.42 Å². The average molecular weight is 414 g/mol. The molecule has 1 amide bonds. The van der Waals surface area contributed by atoms with Crippen molar-refractivity contribution in [3.8, 4) is 17.2 Å². The van der Waals surface area contributed by atoms with Crippen LogP contribution in [0.25, 0.3) is 10.9 Å². The lowest BCUT2D eigenvalue weighted by molar-refractivity contribution is 0.215. The number of hydrogen-bond donors (Lipinski definition) is 2. The molecular formula is C25H22N2O4. The standard InChI is InChI=1S/C25H22N2O4/c1-17-15-22-23(16-18(17)12-14-28)26-13-11-24(22)30-21-9-7-19(8-10-21)27-25(29)31-20-5-3-2-4-6-20/h2-11,13,15-16,28H,12,14H2,1H3,(H,27,29). The molecule has 156 valence electrons. The zero-order valence-corrected chi connectivity index (χ0v) is 17.0. The fourth-order valence-electron chi connectivity index (χ4n) is 3.27. The number of para-hydroxylation sites is 1. The summed E-state index contributed by atoms with van der Waals surface area (Å²) in [6.45, 7) is 2.11. The Balaban J connectivity index is 1.47. The van der Waals surface area contributed by atoms with Gasteiger partial charge < -0.3 is 14.6 Å². The molecule has 4 aromatic rings. The number of pyridine rings is 1. The minimum Gasteiger partial charge on any atom is -0.457 e. The van der Waals surface area contributed by atoms with Gasteiger partial charge in [0.15, 0.2) is 0 Å². The summed E-state index contributed by atoms with van der Waals surface area (Å²) in [6.07, 6.45) is 1.73. The normalized spacial score (nSPS) is 10.6. The Kier molecular flexibility index (Phi) is 6.10. The second-order valence-electron chi connectivity index (χ2n) is 7.03. The molecule has 0 atom stereocenters. The lowest BCUT2D eigenvalue weighted by atomic mass is 10.0. The Bertz CT molecular complexity index is 1190. The highest BCUT2D eigenvalue weighted by atomic mass is 16.6. The summed E-state index contributed by atoms with van der Waals surface area (Å²) < 4.78 is 11.3. The van der Waals surface area contributed by atoms with E-state index in [0.29, 0.717) is 29.4 Å². The Morgan fingerprint density at radius 2 is 1.77 bits per heavy atom. The van der Waals surface area contributed by atoms with Gasteiger partial charge in [0.05, 0.1) is 5.52 Å². The molecule has 6 heteroatoms. The van der Waals surface area contributed by atoms with Crippen molar-refractivity contribution in [2.45, 2.75) is 13.3 Å². The summed E-state index contributed by atoms with van der Waals surface area (Å²) >= 11 is 0. The molecule has 0 aliphatic carbocycles. The molecule has 0 radical (unpaired) electrons. The molecule has 1 aromatic heterocycles. The van der Waals surface area contributed by atoms with E-state index in [1.807, 2.05) is 31.2 Å². The number of hydrogen-bond acceptors (Lipinski definition) is 5. The van der Waals surface area contributed by atoms with E-state index in [-0.39, 0.29) is 6.61 Å². The first-order valence-electron chi connectivity index (χ1n) is 9.93. The highest BCUT2D eigenvalue weighted by molar-refractivity contribution is 5.87. The number of aryl methyl sites for hydroxylation is 1. The van der Waals surface area contributed by atoms with Crippen molar-refractivity contribution in [1.82, 2.24) is 4.98 Å². The van der Waals surface area contributed by atoms with Gasteiger partial charge in [-0.3, -0.25) is 10.3 Å². The minimum atomic E-state index is -0.561. The van der Waals surface area contributed by atoms with Crippen LogP contribution >= 0.6 is 0 Å². The van der Waals surface area contributed by atoms with Crippen LogP contribution in [0.1, 0.15) is 11.1 Å². The summed E-state index contributed by atoms with van der Waals surface area (Å²) in [7, 11) is 0. The number of carbonyl (C=O) groups is 1. The highest BCUT2D eigenvalue weighted by Crippen LogP contribution is 2.31. The summed E-state index contributed by atoms with van der Waals surface area (Å²) in [5, 5.41) is 12.8. The first-order valence-corrected chi connectivity index (χ1v) is 9.93. The predicted molar refractivity (Wildman–Crippen MR) is 120 cm³/mol. The molecule has 0 saturated heterocycles. The zero-order valence-electron chi connectivity index (χ0n) is 17.0. The summed E-state index contributed by atoms with van der Waals surface area (Å²) in [6, 6.07) is 21.7. The molecule has 0 saturated carbocycles. The van der Waals surface area contributed by atoms with Gasteiger partial charge in [0.1, 0.15) is 17.2 Å². The molecule has 2 N–H and O–H groups in total. The van der Waals surface area contributed by atoms with E-state index >= 15 is 0 Å². The first kappa shape index (κ1) is 20.4. The number of benzene rings is 3. The van der Waals surface area contributed by atoms with Gasteiger partial charge in [-0.05, 0) is 79.1 Å². The molecule has 0 spiro atoms. The summed E-state index contributed by atoms with van der Waals surface area (Å²) in [5.74, 6) is 1.79. The number of rotatable bonds is 6. The number of anilines is 1. The molecule has 3 aromatic carbocycles. The SMILES string of the molecule is Cc1cc2c(Oc3ccc(NC(=O)Oc4ccccc4)cc3)ccnc2cc1CCO. The molecule has 0 bridgehead atoms. The van der Waals surface area contributed by atoms with E-state index in [0.717, 1.165) is 22.0 Å². The van der Waals surface area contributed by atoms with E-state index in [2.05, 4.69) is 10.3 Å². The summed E-state index contributed by atoms with van der Waals surface area (Å²) in [5.41, 5.74) is 3.55. The third-order valence-electron chi connectivity index (χ3n) is 4.82. The van der Waals surface area contributed by atoms with Gasteiger partial charge in [-0.2, -0.15) is 0 Å². The number of nitrogens with one attached hydrogen (secondary N) is 1. The molecule has 0 aliphatic heterocycles. The predicted octanol–water partition coefficient (Wildman–Crippen LogP) is 5.48. The number of ether oxygens (including phenoxy) is 2. The summed E-state index contributed by atoms with van der Waals surface area (Å²) in [4.78, 5) is 16.4. The molecule has 1 heterocycles. The monoisotopic (exact) mass is 414 g/mol. The number of aliphatic hydroxyl groups is 1. The number of aliphatic hydroxyl groups excluding tert-OH is 1. The van der Waals surface area contributed by atoms with Crippen molar-refractivity contribution in [2.24, 2.45) is 0 Å². The van der Waals surface area contributed by atoms with Gasteiger partial charge in [0.2, 0.25) is 0 Å². The first-order chi connectivity index (χ1) is 15.1. The topological polar surface area (TPSA) is 80.7 Å². The molecule has 6 nitrogen and oxygen atoms in total. The number of carbonyl (C=O) groups excluding carboxylic acids is 1. The number of fused-ring (bicyclic) bond motifs is 1. The van der Waals surface area contributed by atoms with Crippen molar-refractivity contribution >= 4 is 22.7 Å².